The van der Waals surface area contributed by atoms with Crippen molar-refractivity contribution >= 4 is 88.8 Å². The topological polar surface area (TPSA) is 32.8 Å². The first-order valence-corrected chi connectivity index (χ1v) is 20.5. The summed E-state index contributed by atoms with van der Waals surface area (Å²) < 4.78 is 41.8. The number of halogens is 2. The Kier molecular flexibility index (Phi) is 7.60. The zero-order chi connectivity index (χ0) is 41.0. The highest BCUT2D eigenvalue weighted by molar-refractivity contribution is 6.12. The van der Waals surface area contributed by atoms with Crippen molar-refractivity contribution in [2.24, 2.45) is 0 Å². The molecular formula is C55H36F2N2O2. The van der Waals surface area contributed by atoms with Gasteiger partial charge in [-0.1, -0.05) is 98.8 Å². The number of rotatable bonds is 6. The average molecular weight is 795 g/mol. The van der Waals surface area contributed by atoms with Crippen LogP contribution in [0.4, 0.5) is 42.9 Å². The summed E-state index contributed by atoms with van der Waals surface area (Å²) in [6, 6.07) is 59.5. The van der Waals surface area contributed by atoms with Crippen LogP contribution in [0.1, 0.15) is 25.0 Å². The quantitative estimate of drug-likeness (QED) is 0.168. The minimum Gasteiger partial charge on any atom is -0.454 e. The molecule has 0 amide bonds. The third kappa shape index (κ3) is 5.35. The van der Waals surface area contributed by atoms with Crippen molar-refractivity contribution in [1.82, 2.24) is 0 Å². The Labute approximate surface area is 350 Å². The predicted octanol–water partition coefficient (Wildman–Crippen LogP) is 16.2. The summed E-state index contributed by atoms with van der Waals surface area (Å²) in [7, 11) is 0. The predicted molar refractivity (Wildman–Crippen MR) is 245 cm³/mol. The Bertz CT molecular complexity index is 3550. The van der Waals surface area contributed by atoms with Gasteiger partial charge in [0.05, 0.1) is 11.4 Å². The molecule has 0 spiro atoms. The van der Waals surface area contributed by atoms with E-state index >= 15 is 0 Å². The van der Waals surface area contributed by atoms with E-state index in [2.05, 4.69) is 115 Å². The van der Waals surface area contributed by atoms with Crippen LogP contribution in [-0.2, 0) is 5.41 Å². The van der Waals surface area contributed by atoms with Crippen LogP contribution >= 0.6 is 0 Å². The molecule has 1 aliphatic rings. The van der Waals surface area contributed by atoms with Gasteiger partial charge in [0, 0.05) is 49.7 Å². The number of hydrogen-bond acceptors (Lipinski definition) is 4. The summed E-state index contributed by atoms with van der Waals surface area (Å²) in [5, 5.41) is 6.38. The van der Waals surface area contributed by atoms with Gasteiger partial charge in [-0.25, -0.2) is 8.78 Å². The van der Waals surface area contributed by atoms with Crippen molar-refractivity contribution < 1.29 is 17.6 Å². The van der Waals surface area contributed by atoms with Crippen LogP contribution in [0.5, 0.6) is 0 Å². The minimum atomic E-state index is -0.377. The van der Waals surface area contributed by atoms with E-state index in [1.807, 2.05) is 66.7 Å². The fraction of sp³-hybridized carbons (Fsp3) is 0.0545. The molecule has 0 N–H and O–H groups in total. The molecule has 12 rings (SSSR count). The van der Waals surface area contributed by atoms with E-state index in [1.165, 1.54) is 46.5 Å². The number of nitrogens with zero attached hydrogens (tertiary/aromatic N) is 2. The normalized spacial score (nSPS) is 13.0. The molecule has 2 heterocycles. The molecule has 9 aromatic carbocycles. The third-order valence-corrected chi connectivity index (χ3v) is 12.5. The molecule has 1 aliphatic carbocycles. The van der Waals surface area contributed by atoms with E-state index in [9.17, 15) is 8.78 Å². The van der Waals surface area contributed by atoms with Crippen LogP contribution in [0.3, 0.4) is 0 Å². The molecule has 0 unspecified atom stereocenters. The van der Waals surface area contributed by atoms with Gasteiger partial charge in [0.2, 0.25) is 0 Å². The van der Waals surface area contributed by atoms with E-state index in [-0.39, 0.29) is 17.0 Å². The van der Waals surface area contributed by atoms with Crippen LogP contribution in [0.25, 0.3) is 65.8 Å². The first-order valence-electron chi connectivity index (χ1n) is 20.5. The third-order valence-electron chi connectivity index (χ3n) is 12.5. The van der Waals surface area contributed by atoms with Gasteiger partial charge >= 0.3 is 0 Å². The molecule has 0 aliphatic heterocycles. The number of fused-ring (bicyclic) bond motifs is 11. The molecule has 0 saturated heterocycles. The van der Waals surface area contributed by atoms with Crippen molar-refractivity contribution in [2.45, 2.75) is 19.3 Å². The van der Waals surface area contributed by atoms with Crippen LogP contribution in [0, 0.1) is 11.6 Å². The van der Waals surface area contributed by atoms with Crippen LogP contribution in [0.2, 0.25) is 0 Å². The molecule has 61 heavy (non-hydrogen) atoms. The van der Waals surface area contributed by atoms with Crippen molar-refractivity contribution in [2.75, 3.05) is 9.80 Å². The van der Waals surface area contributed by atoms with Gasteiger partial charge in [-0.05, 0) is 130 Å². The minimum absolute atomic E-state index is 0.293. The molecule has 0 bridgehead atoms. The first-order chi connectivity index (χ1) is 29.8. The van der Waals surface area contributed by atoms with Gasteiger partial charge in [0.1, 0.15) is 22.8 Å². The standard InChI is InChI=1S/C55H36F2N2O2/c1-55(2)47-32-39(59(37-24-20-35(57)21-25-37)49-14-8-12-46-43-10-4-6-16-51(43)61-54(46)49)27-30-41(47)44-28-17-33-31-38(26-29-40(33)52(44)55)58(36-22-18-34(56)19-23-36)48-13-7-11-45-42-9-3-5-15-50(42)60-53(45)48/h3-32H,1-2H3. The van der Waals surface area contributed by atoms with Crippen LogP contribution in [0.15, 0.2) is 191 Å². The maximum absolute atomic E-state index is 14.4. The monoisotopic (exact) mass is 794 g/mol. The number of furan rings is 2. The van der Waals surface area contributed by atoms with Crippen LogP contribution in [-0.4, -0.2) is 0 Å². The molecule has 292 valence electrons. The molecule has 11 aromatic rings. The fourth-order valence-electron chi connectivity index (χ4n) is 9.76. The summed E-state index contributed by atoms with van der Waals surface area (Å²) in [5.41, 5.74) is 12.9. The van der Waals surface area contributed by atoms with E-state index < -0.39 is 0 Å². The molecule has 0 atom stereocenters. The largest absolute Gasteiger partial charge is 0.454 e. The average Bonchev–Trinajstić information content (AvgIpc) is 3.93. The van der Waals surface area contributed by atoms with Crippen molar-refractivity contribution in [1.29, 1.82) is 0 Å². The highest BCUT2D eigenvalue weighted by Gasteiger charge is 2.38. The molecule has 0 saturated carbocycles. The van der Waals surface area contributed by atoms with Gasteiger partial charge < -0.3 is 18.6 Å². The van der Waals surface area contributed by atoms with Crippen LogP contribution < -0.4 is 9.80 Å². The summed E-state index contributed by atoms with van der Waals surface area (Å²) in [4.78, 5) is 4.32. The van der Waals surface area contributed by atoms with E-state index in [1.54, 1.807) is 0 Å². The fourth-order valence-corrected chi connectivity index (χ4v) is 9.76. The number of hydrogen-bond donors (Lipinski definition) is 0. The second-order valence-electron chi connectivity index (χ2n) is 16.4. The number of anilines is 6. The number of benzene rings is 9. The van der Waals surface area contributed by atoms with E-state index in [0.29, 0.717) is 0 Å². The van der Waals surface area contributed by atoms with Gasteiger partial charge in [-0.2, -0.15) is 0 Å². The summed E-state index contributed by atoms with van der Waals surface area (Å²) >= 11 is 0. The maximum Gasteiger partial charge on any atom is 0.159 e. The second-order valence-corrected chi connectivity index (χ2v) is 16.4. The van der Waals surface area contributed by atoms with E-state index in [0.717, 1.165) is 88.8 Å². The molecule has 2 aromatic heterocycles. The molecule has 0 fully saturated rings. The zero-order valence-electron chi connectivity index (χ0n) is 33.3. The number of para-hydroxylation sites is 4. The van der Waals surface area contributed by atoms with Gasteiger partial charge in [-0.3, -0.25) is 0 Å². The molecular weight excluding hydrogens is 759 g/mol. The smallest absolute Gasteiger partial charge is 0.159 e. The molecule has 0 radical (unpaired) electrons. The van der Waals surface area contributed by atoms with Crippen molar-refractivity contribution in [3.63, 3.8) is 0 Å². The first kappa shape index (κ1) is 35.3. The van der Waals surface area contributed by atoms with Crippen molar-refractivity contribution in [3.8, 4) is 11.1 Å². The summed E-state index contributed by atoms with van der Waals surface area (Å²) in [6.07, 6.45) is 0. The highest BCUT2D eigenvalue weighted by Crippen LogP contribution is 2.54. The SMILES string of the molecule is CC1(C)c2cc(N(c3ccc(F)cc3)c3cccc4c3oc3ccccc34)ccc2-c2ccc3cc(N(c4ccc(F)cc4)c4cccc5c4oc4ccccc45)ccc3c21. The maximum atomic E-state index is 14.4. The second kappa shape index (κ2) is 13.2. The Morgan fingerprint density at radius 2 is 0.885 bits per heavy atom. The summed E-state index contributed by atoms with van der Waals surface area (Å²) in [6.45, 7) is 4.59. The lowest BCUT2D eigenvalue weighted by molar-refractivity contribution is 0.627. The summed E-state index contributed by atoms with van der Waals surface area (Å²) in [5.74, 6) is -0.587. The van der Waals surface area contributed by atoms with Crippen molar-refractivity contribution in [3.05, 3.63) is 205 Å². The van der Waals surface area contributed by atoms with Gasteiger partial charge in [0.15, 0.2) is 11.2 Å². The molecule has 4 nitrogen and oxygen atoms in total. The molecule has 6 heteroatoms. The lowest BCUT2D eigenvalue weighted by Crippen LogP contribution is -2.17. The lowest BCUT2D eigenvalue weighted by atomic mass is 9.80. The Morgan fingerprint density at radius 3 is 1.46 bits per heavy atom. The Morgan fingerprint density at radius 1 is 0.410 bits per heavy atom. The Hall–Kier alpha value is -7.70. The van der Waals surface area contributed by atoms with Gasteiger partial charge in [0.25, 0.3) is 0 Å². The lowest BCUT2D eigenvalue weighted by Gasteiger charge is -2.28. The van der Waals surface area contributed by atoms with Gasteiger partial charge in [-0.15, -0.1) is 0 Å². The zero-order valence-corrected chi connectivity index (χ0v) is 33.3. The van der Waals surface area contributed by atoms with E-state index in [4.69, 9.17) is 8.83 Å². The Balaban J connectivity index is 0.997. The highest BCUT2D eigenvalue weighted by atomic mass is 19.1.